The number of hydrogen-bond acceptors (Lipinski definition) is 6. The number of benzene rings is 9. The molecule has 12 aromatic rings. The van der Waals surface area contributed by atoms with Crippen molar-refractivity contribution in [2.24, 2.45) is 0 Å². The van der Waals surface area contributed by atoms with E-state index in [9.17, 15) is 5.26 Å². The van der Waals surface area contributed by atoms with E-state index in [0.29, 0.717) is 34.5 Å². The van der Waals surface area contributed by atoms with Crippen LogP contribution in [0.1, 0.15) is 5.56 Å². The molecule has 0 aliphatic carbocycles. The van der Waals surface area contributed by atoms with Gasteiger partial charge in [-0.1, -0.05) is 170 Å². The quantitative estimate of drug-likeness (QED) is 0.134. The fourth-order valence-corrected chi connectivity index (χ4v) is 9.18. The van der Waals surface area contributed by atoms with E-state index in [4.69, 9.17) is 31.5 Å². The molecule has 3 heterocycles. The molecule has 0 aliphatic rings. The minimum Gasteiger partial charge on any atom is -0.309 e. The van der Waals surface area contributed by atoms with E-state index in [-0.39, 0.29) is 0 Å². The summed E-state index contributed by atoms with van der Waals surface area (Å²) in [6.45, 7) is 7.55. The van der Waals surface area contributed by atoms with Crippen molar-refractivity contribution in [1.29, 1.82) is 5.26 Å². The fourth-order valence-electron chi connectivity index (χ4n) is 9.18. The Bertz CT molecular complexity index is 3800. The molecule has 0 bridgehead atoms. The van der Waals surface area contributed by atoms with Gasteiger partial charge in [0.15, 0.2) is 29.0 Å². The van der Waals surface area contributed by atoms with Crippen LogP contribution in [-0.4, -0.2) is 29.5 Å². The number of fused-ring (bicyclic) bond motifs is 3. The van der Waals surface area contributed by atoms with Gasteiger partial charge in [-0.15, -0.1) is 0 Å². The zero-order valence-corrected chi connectivity index (χ0v) is 38.0. The van der Waals surface area contributed by atoms with E-state index < -0.39 is 0 Å². The molecule has 0 saturated heterocycles. The van der Waals surface area contributed by atoms with Gasteiger partial charge in [0.2, 0.25) is 0 Å². The van der Waals surface area contributed by atoms with E-state index in [1.165, 1.54) is 0 Å². The predicted molar refractivity (Wildman–Crippen MR) is 284 cm³/mol. The Morgan fingerprint density at radius 3 is 1.28 bits per heavy atom. The molecule has 3 aromatic heterocycles. The van der Waals surface area contributed by atoms with Crippen molar-refractivity contribution in [2.45, 2.75) is 0 Å². The molecule has 8 nitrogen and oxygen atoms in total. The van der Waals surface area contributed by atoms with Crippen LogP contribution >= 0.6 is 0 Å². The van der Waals surface area contributed by atoms with Crippen LogP contribution in [0.5, 0.6) is 0 Å². The highest BCUT2D eigenvalue weighted by Gasteiger charge is 2.22. The van der Waals surface area contributed by atoms with Gasteiger partial charge in [0.1, 0.15) is 0 Å². The van der Waals surface area contributed by atoms with Gasteiger partial charge >= 0.3 is 0 Å². The Kier molecular flexibility index (Phi) is 10.8. The molecular formula is C63H38N8. The lowest BCUT2D eigenvalue weighted by molar-refractivity contribution is 1.07. The van der Waals surface area contributed by atoms with E-state index >= 15 is 0 Å². The zero-order chi connectivity index (χ0) is 47.7. The van der Waals surface area contributed by atoms with E-state index in [2.05, 4.69) is 88.3 Å². The maximum Gasteiger partial charge on any atom is 0.187 e. The summed E-state index contributed by atoms with van der Waals surface area (Å²) < 4.78 is 2.32. The van der Waals surface area contributed by atoms with Crippen LogP contribution in [-0.2, 0) is 0 Å². The lowest BCUT2D eigenvalue weighted by atomic mass is 9.99. The molecular weight excluding hydrogens is 869 g/mol. The smallest absolute Gasteiger partial charge is 0.187 e. The number of nitrogens with zero attached hydrogens (tertiary/aromatic N) is 8. The first kappa shape index (κ1) is 42.2. The van der Waals surface area contributed by atoms with Crippen LogP contribution in [0, 0.1) is 17.9 Å². The molecule has 12 rings (SSSR count). The maximum atomic E-state index is 9.59. The van der Waals surface area contributed by atoms with E-state index in [1.54, 1.807) is 0 Å². The third kappa shape index (κ3) is 8.14. The minimum atomic E-state index is 0.522. The summed E-state index contributed by atoms with van der Waals surface area (Å²) in [7, 11) is 0. The van der Waals surface area contributed by atoms with E-state index in [1.807, 2.05) is 158 Å². The van der Waals surface area contributed by atoms with Crippen LogP contribution in [0.25, 0.3) is 123 Å². The van der Waals surface area contributed by atoms with Crippen molar-refractivity contribution >= 4 is 27.5 Å². The molecule has 0 saturated carbocycles. The highest BCUT2D eigenvalue weighted by molar-refractivity contribution is 6.12. The van der Waals surface area contributed by atoms with Gasteiger partial charge in [0.25, 0.3) is 0 Å². The Balaban J connectivity index is 1.14. The van der Waals surface area contributed by atoms with E-state index in [0.717, 1.165) is 94.5 Å². The first-order valence-corrected chi connectivity index (χ1v) is 23.2. The molecule has 8 heteroatoms. The summed E-state index contributed by atoms with van der Waals surface area (Å²) in [5, 5.41) is 11.7. The first-order chi connectivity index (χ1) is 35.1. The van der Waals surface area contributed by atoms with Crippen LogP contribution in [0.15, 0.2) is 231 Å². The van der Waals surface area contributed by atoms with Gasteiger partial charge in [0.05, 0.1) is 46.3 Å². The second kappa shape index (κ2) is 18.2. The maximum absolute atomic E-state index is 9.59. The normalized spacial score (nSPS) is 11.1. The molecule has 0 radical (unpaired) electrons. The summed E-state index contributed by atoms with van der Waals surface area (Å²) in [4.78, 5) is 29.5. The van der Waals surface area contributed by atoms with Crippen molar-refractivity contribution in [2.75, 3.05) is 0 Å². The third-order valence-corrected chi connectivity index (χ3v) is 12.7. The molecule has 0 N–H and O–H groups in total. The van der Waals surface area contributed by atoms with Gasteiger partial charge < -0.3 is 4.57 Å². The number of hydrogen-bond donors (Lipinski definition) is 0. The molecule has 0 aliphatic heterocycles. The van der Waals surface area contributed by atoms with Gasteiger partial charge in [-0.3, -0.25) is 0 Å². The Morgan fingerprint density at radius 2 is 0.789 bits per heavy atom. The SMILES string of the molecule is [C-]#[N+]c1ccc(-c2ccc3c(c2)c2cc(-c4ccc(C#N)cc4)ccc2n3-c2ccc(-c3nc(-c4ccccc4)nc(-c4ccccc4)n3)cc2-c2cc(-c3ccccc3)nc(-c3ccccc3)n2)cc1. The molecule has 0 unspecified atom stereocenters. The van der Waals surface area contributed by atoms with Crippen molar-refractivity contribution in [3.05, 3.63) is 248 Å². The topological polar surface area (TPSA) is 97.5 Å². The average Bonchev–Trinajstić information content (AvgIpc) is 3.78. The van der Waals surface area contributed by atoms with Gasteiger partial charge in [0, 0.05) is 44.2 Å². The third-order valence-electron chi connectivity index (χ3n) is 12.7. The zero-order valence-electron chi connectivity index (χ0n) is 38.0. The predicted octanol–water partition coefficient (Wildman–Crippen LogP) is 15.5. The monoisotopic (exact) mass is 906 g/mol. The molecule has 9 aromatic carbocycles. The summed E-state index contributed by atoms with van der Waals surface area (Å²) in [5.41, 5.74) is 14.9. The lowest BCUT2D eigenvalue weighted by Crippen LogP contribution is -2.03. The van der Waals surface area contributed by atoms with Crippen molar-refractivity contribution in [3.63, 3.8) is 0 Å². The summed E-state index contributed by atoms with van der Waals surface area (Å²) >= 11 is 0. The molecule has 0 spiro atoms. The first-order valence-electron chi connectivity index (χ1n) is 23.2. The molecule has 0 fully saturated rings. The minimum absolute atomic E-state index is 0.522. The Morgan fingerprint density at radius 1 is 0.366 bits per heavy atom. The second-order valence-electron chi connectivity index (χ2n) is 17.1. The number of aromatic nitrogens is 6. The molecule has 71 heavy (non-hydrogen) atoms. The number of rotatable bonds is 9. The largest absolute Gasteiger partial charge is 0.309 e. The highest BCUT2D eigenvalue weighted by Crippen LogP contribution is 2.42. The summed E-state index contributed by atoms with van der Waals surface area (Å²) in [5.74, 6) is 2.26. The Hall–Kier alpha value is -10.2. The lowest BCUT2D eigenvalue weighted by Gasteiger charge is -2.17. The average molecular weight is 907 g/mol. The molecule has 0 amide bonds. The van der Waals surface area contributed by atoms with Crippen molar-refractivity contribution < 1.29 is 0 Å². The van der Waals surface area contributed by atoms with Gasteiger partial charge in [-0.05, 0) is 82.9 Å². The number of nitriles is 1. The van der Waals surface area contributed by atoms with Crippen LogP contribution in [0.4, 0.5) is 5.69 Å². The Labute approximate surface area is 410 Å². The van der Waals surface area contributed by atoms with Crippen molar-refractivity contribution in [3.8, 4) is 102 Å². The summed E-state index contributed by atoms with van der Waals surface area (Å²) in [6, 6.07) is 79.6. The molecule has 0 atom stereocenters. The van der Waals surface area contributed by atoms with Gasteiger partial charge in [-0.25, -0.2) is 29.8 Å². The summed E-state index contributed by atoms with van der Waals surface area (Å²) in [6.07, 6.45) is 0. The highest BCUT2D eigenvalue weighted by atomic mass is 15.0. The molecule has 330 valence electrons. The van der Waals surface area contributed by atoms with Crippen LogP contribution in [0.3, 0.4) is 0 Å². The fraction of sp³-hybridized carbons (Fsp3) is 0. The second-order valence-corrected chi connectivity index (χ2v) is 17.1. The van der Waals surface area contributed by atoms with Crippen LogP contribution < -0.4 is 0 Å². The van der Waals surface area contributed by atoms with Crippen molar-refractivity contribution in [1.82, 2.24) is 29.5 Å². The standard InChI is InChI=1S/C63H38N8/c1-65-51-31-26-43(27-32-51)49-29-34-58-53(37-49)52-36-48(42-24-22-41(40-64)23-25-42)28-33-57(52)71(58)59-35-30-50(63-69-61(46-18-10-4-11-19-46)68-62(70-63)47-20-12-5-13-21-47)38-54(59)56-39-55(44-14-6-2-7-15-44)66-60(67-56)45-16-8-3-9-17-45/h2-39H. The van der Waals surface area contributed by atoms with Crippen LogP contribution in [0.2, 0.25) is 0 Å². The van der Waals surface area contributed by atoms with Gasteiger partial charge in [-0.2, -0.15) is 5.26 Å².